The maximum absolute atomic E-state index is 8.46. The molecule has 0 aliphatic heterocycles. The summed E-state index contributed by atoms with van der Waals surface area (Å²) in [6, 6.07) is 0. The molecule has 0 spiro atoms. The molecular formula is C6H8O. The maximum atomic E-state index is 8.46. The molecule has 0 radical (unpaired) electrons. The van der Waals surface area contributed by atoms with Crippen molar-refractivity contribution in [3.05, 3.63) is 12.7 Å². The lowest BCUT2D eigenvalue weighted by atomic mass is 10.4. The highest BCUT2D eigenvalue weighted by molar-refractivity contribution is 5.14. The molecule has 0 bridgehead atoms. The van der Waals surface area contributed by atoms with Crippen molar-refractivity contribution in [2.75, 3.05) is 0 Å². The second kappa shape index (κ2) is 3.45. The van der Waals surface area contributed by atoms with E-state index in [1.165, 1.54) is 6.08 Å². The van der Waals surface area contributed by atoms with Crippen LogP contribution in [-0.2, 0) is 0 Å². The zero-order valence-electron chi connectivity index (χ0n) is 4.31. The Hall–Kier alpha value is -0.740. The van der Waals surface area contributed by atoms with Gasteiger partial charge >= 0.3 is 0 Å². The summed E-state index contributed by atoms with van der Waals surface area (Å²) in [4.78, 5) is 0. The molecule has 0 heterocycles. The number of allylic oxidation sites excluding steroid dienone is 1. The van der Waals surface area contributed by atoms with Crippen molar-refractivity contribution in [1.29, 1.82) is 0 Å². The van der Waals surface area contributed by atoms with E-state index >= 15 is 0 Å². The van der Waals surface area contributed by atoms with E-state index in [-0.39, 0.29) is 0 Å². The van der Waals surface area contributed by atoms with Crippen LogP contribution in [0.3, 0.4) is 0 Å². The second-order valence-corrected chi connectivity index (χ2v) is 1.17. The molecule has 0 saturated carbocycles. The fourth-order valence-electron chi connectivity index (χ4n) is 0.180. The molecule has 1 atom stereocenters. The predicted molar refractivity (Wildman–Crippen MR) is 29.7 cm³/mol. The van der Waals surface area contributed by atoms with E-state index in [1.807, 2.05) is 0 Å². The Morgan fingerprint density at radius 3 is 2.57 bits per heavy atom. The molecule has 1 heteroatoms. The van der Waals surface area contributed by atoms with Crippen LogP contribution in [0.1, 0.15) is 6.92 Å². The van der Waals surface area contributed by atoms with Gasteiger partial charge in [-0.05, 0) is 13.0 Å². The summed E-state index contributed by atoms with van der Waals surface area (Å²) in [5, 5.41) is 8.46. The van der Waals surface area contributed by atoms with Gasteiger partial charge in [0.15, 0.2) is 0 Å². The first kappa shape index (κ1) is 6.26. The van der Waals surface area contributed by atoms with Crippen LogP contribution < -0.4 is 0 Å². The molecule has 7 heavy (non-hydrogen) atoms. The first-order chi connectivity index (χ1) is 3.27. The lowest BCUT2D eigenvalue weighted by molar-refractivity contribution is 0.253. The van der Waals surface area contributed by atoms with Gasteiger partial charge in [0.05, 0.1) is 0 Å². The van der Waals surface area contributed by atoms with Crippen LogP contribution in [0.15, 0.2) is 12.7 Å². The van der Waals surface area contributed by atoms with E-state index in [0.29, 0.717) is 0 Å². The van der Waals surface area contributed by atoms with E-state index in [1.54, 1.807) is 6.92 Å². The van der Waals surface area contributed by atoms with Crippen LogP contribution in [-0.4, -0.2) is 11.2 Å². The van der Waals surface area contributed by atoms with E-state index in [9.17, 15) is 0 Å². The quantitative estimate of drug-likeness (QED) is 0.437. The number of rotatable bonds is 0. The Morgan fingerprint density at radius 2 is 2.43 bits per heavy atom. The SMILES string of the molecule is C=CC#C[C@H](C)O. The predicted octanol–water partition coefficient (Wildman–Crippen LogP) is 0.557. The van der Waals surface area contributed by atoms with Gasteiger partial charge in [-0.25, -0.2) is 0 Å². The van der Waals surface area contributed by atoms with Crippen molar-refractivity contribution in [3.8, 4) is 11.8 Å². The summed E-state index contributed by atoms with van der Waals surface area (Å²) in [6.45, 7) is 4.96. The average Bonchev–Trinajstić information content (AvgIpc) is 1.61. The van der Waals surface area contributed by atoms with Gasteiger partial charge in [-0.3, -0.25) is 0 Å². The topological polar surface area (TPSA) is 20.2 Å². The highest BCUT2D eigenvalue weighted by Gasteiger charge is 1.78. The minimum atomic E-state index is -0.530. The Kier molecular flexibility index (Phi) is 3.09. The van der Waals surface area contributed by atoms with E-state index in [4.69, 9.17) is 5.11 Å². The molecule has 38 valence electrons. The number of aliphatic hydroxyl groups excluding tert-OH is 1. The molecule has 0 rings (SSSR count). The monoisotopic (exact) mass is 96.1 g/mol. The highest BCUT2D eigenvalue weighted by Crippen LogP contribution is 1.70. The molecule has 0 saturated heterocycles. The van der Waals surface area contributed by atoms with E-state index in [0.717, 1.165) is 0 Å². The van der Waals surface area contributed by atoms with E-state index < -0.39 is 6.10 Å². The fourth-order valence-corrected chi connectivity index (χ4v) is 0.180. The standard InChI is InChI=1S/C6H8O/c1-3-4-5-6(2)7/h3,6-7H,1H2,2H3/t6-/m0/s1. The number of hydrogen-bond donors (Lipinski definition) is 1. The summed E-state index contributed by atoms with van der Waals surface area (Å²) in [5.41, 5.74) is 0. The van der Waals surface area contributed by atoms with Gasteiger partial charge in [0.1, 0.15) is 6.10 Å². The molecule has 0 aromatic carbocycles. The van der Waals surface area contributed by atoms with Crippen LogP contribution in [0, 0.1) is 11.8 Å². The van der Waals surface area contributed by atoms with Crippen molar-refractivity contribution in [1.82, 2.24) is 0 Å². The van der Waals surface area contributed by atoms with Gasteiger partial charge in [-0.15, -0.1) is 0 Å². The Labute approximate surface area is 43.7 Å². The Bertz CT molecular complexity index is 103. The van der Waals surface area contributed by atoms with Crippen LogP contribution in [0.4, 0.5) is 0 Å². The molecule has 0 aromatic rings. The van der Waals surface area contributed by atoms with Crippen molar-refractivity contribution >= 4 is 0 Å². The normalized spacial score (nSPS) is 11.1. The summed E-state index contributed by atoms with van der Waals surface area (Å²) in [6.07, 6.45) is 0.921. The van der Waals surface area contributed by atoms with Crippen molar-refractivity contribution in [2.45, 2.75) is 13.0 Å². The molecule has 0 fully saturated rings. The summed E-state index contributed by atoms with van der Waals surface area (Å²) in [5.74, 6) is 4.99. The van der Waals surface area contributed by atoms with Crippen molar-refractivity contribution < 1.29 is 5.11 Å². The molecular weight excluding hydrogens is 88.1 g/mol. The van der Waals surface area contributed by atoms with Gasteiger partial charge in [0.2, 0.25) is 0 Å². The lowest BCUT2D eigenvalue weighted by Crippen LogP contribution is -1.91. The van der Waals surface area contributed by atoms with Crippen LogP contribution in [0.25, 0.3) is 0 Å². The summed E-state index contributed by atoms with van der Waals surface area (Å²) < 4.78 is 0. The van der Waals surface area contributed by atoms with Gasteiger partial charge in [-0.1, -0.05) is 18.4 Å². The molecule has 1 N–H and O–H groups in total. The van der Waals surface area contributed by atoms with Gasteiger partial charge in [-0.2, -0.15) is 0 Å². The lowest BCUT2D eigenvalue weighted by Gasteiger charge is -1.82. The first-order valence-corrected chi connectivity index (χ1v) is 2.07. The zero-order chi connectivity index (χ0) is 5.70. The van der Waals surface area contributed by atoms with Crippen LogP contribution in [0.5, 0.6) is 0 Å². The van der Waals surface area contributed by atoms with Crippen LogP contribution in [0.2, 0.25) is 0 Å². The van der Waals surface area contributed by atoms with Crippen LogP contribution >= 0.6 is 0 Å². The van der Waals surface area contributed by atoms with Crippen molar-refractivity contribution in [3.63, 3.8) is 0 Å². The van der Waals surface area contributed by atoms with Gasteiger partial charge in [0, 0.05) is 0 Å². The minimum absolute atomic E-state index is 0.530. The third-order valence-electron chi connectivity index (χ3n) is 0.394. The van der Waals surface area contributed by atoms with Crippen molar-refractivity contribution in [2.24, 2.45) is 0 Å². The average molecular weight is 96.1 g/mol. The van der Waals surface area contributed by atoms with E-state index in [2.05, 4.69) is 18.4 Å². The zero-order valence-corrected chi connectivity index (χ0v) is 4.31. The molecule has 0 aromatic heterocycles. The number of hydrogen-bond acceptors (Lipinski definition) is 1. The Morgan fingerprint density at radius 1 is 1.86 bits per heavy atom. The molecule has 0 aliphatic rings. The third-order valence-corrected chi connectivity index (χ3v) is 0.394. The summed E-state index contributed by atoms with van der Waals surface area (Å²) in [7, 11) is 0. The fraction of sp³-hybridized carbons (Fsp3) is 0.333. The smallest absolute Gasteiger partial charge is 0.112 e. The minimum Gasteiger partial charge on any atom is -0.381 e. The maximum Gasteiger partial charge on any atom is 0.112 e. The molecule has 0 amide bonds. The molecule has 1 nitrogen and oxygen atoms in total. The largest absolute Gasteiger partial charge is 0.381 e. The number of aliphatic hydroxyl groups is 1. The summed E-state index contributed by atoms with van der Waals surface area (Å²) >= 11 is 0. The highest BCUT2D eigenvalue weighted by atomic mass is 16.3. The molecule has 0 unspecified atom stereocenters. The second-order valence-electron chi connectivity index (χ2n) is 1.17. The first-order valence-electron chi connectivity index (χ1n) is 2.07. The Balaban J connectivity index is 3.43. The third kappa shape index (κ3) is 5.26. The van der Waals surface area contributed by atoms with Gasteiger partial charge < -0.3 is 5.11 Å². The van der Waals surface area contributed by atoms with Gasteiger partial charge in [0.25, 0.3) is 0 Å². The molecule has 0 aliphatic carbocycles.